The van der Waals surface area contributed by atoms with Crippen molar-refractivity contribution in [1.82, 2.24) is 0 Å². The van der Waals surface area contributed by atoms with Crippen LogP contribution in [0.25, 0.3) is 0 Å². The fourth-order valence-electron chi connectivity index (χ4n) is 3.57. The first kappa shape index (κ1) is 14.7. The molecule has 1 saturated carbocycles. The van der Waals surface area contributed by atoms with Crippen LogP contribution in [0, 0.1) is 0 Å². The van der Waals surface area contributed by atoms with Gasteiger partial charge in [-0.2, -0.15) is 0 Å². The predicted octanol–water partition coefficient (Wildman–Crippen LogP) is 5.45. The maximum atomic E-state index is 6.38. The second kappa shape index (κ2) is 7.75. The number of halogens is 1. The summed E-state index contributed by atoms with van der Waals surface area (Å²) < 4.78 is 6.20. The van der Waals surface area contributed by atoms with Gasteiger partial charge in [0, 0.05) is 12.0 Å². The number of ether oxygens (including phenoxy) is 1. The normalized spacial score (nSPS) is 31.5. The molecule has 1 spiro atoms. The van der Waals surface area contributed by atoms with Gasteiger partial charge in [0.1, 0.15) is 0 Å². The minimum Gasteiger partial charge on any atom is -0.375 e. The third kappa shape index (κ3) is 4.74. The van der Waals surface area contributed by atoms with Crippen LogP contribution in [0.3, 0.4) is 0 Å². The molecule has 2 rings (SSSR count). The first-order chi connectivity index (χ1) is 8.81. The van der Waals surface area contributed by atoms with Gasteiger partial charge in [0.15, 0.2) is 0 Å². The van der Waals surface area contributed by atoms with Crippen LogP contribution in [0.4, 0.5) is 0 Å². The molecule has 0 aromatic carbocycles. The summed E-state index contributed by atoms with van der Waals surface area (Å²) in [5, 5.41) is 0.353. The quantitative estimate of drug-likeness (QED) is 0.533. The summed E-state index contributed by atoms with van der Waals surface area (Å²) in [5.41, 5.74) is 0.143. The summed E-state index contributed by atoms with van der Waals surface area (Å²) in [6.45, 7) is 0.883. The Labute approximate surface area is 118 Å². The molecule has 1 saturated heterocycles. The SMILES string of the molecule is ClC1CCOC2(CCCCCCCCCCC2)C1. The molecule has 18 heavy (non-hydrogen) atoms. The summed E-state index contributed by atoms with van der Waals surface area (Å²) in [6.07, 6.45) is 17.2. The number of alkyl halides is 1. The van der Waals surface area contributed by atoms with Crippen molar-refractivity contribution in [2.45, 2.75) is 94.4 Å². The zero-order valence-corrected chi connectivity index (χ0v) is 12.5. The molecule has 0 aromatic heterocycles. The molecule has 0 aromatic rings. The van der Waals surface area contributed by atoms with Crippen molar-refractivity contribution >= 4 is 11.6 Å². The van der Waals surface area contributed by atoms with Crippen LogP contribution in [0.5, 0.6) is 0 Å². The summed E-state index contributed by atoms with van der Waals surface area (Å²) in [6, 6.07) is 0. The molecule has 1 nitrogen and oxygen atoms in total. The highest BCUT2D eigenvalue weighted by Crippen LogP contribution is 2.37. The molecule has 0 amide bonds. The minimum absolute atomic E-state index is 0.143. The van der Waals surface area contributed by atoms with Crippen LogP contribution in [-0.2, 0) is 4.74 Å². The molecule has 0 bridgehead atoms. The molecular formula is C16H29ClO. The van der Waals surface area contributed by atoms with Crippen molar-refractivity contribution in [1.29, 1.82) is 0 Å². The van der Waals surface area contributed by atoms with Crippen LogP contribution >= 0.6 is 11.6 Å². The molecule has 2 fully saturated rings. The second-order valence-electron chi connectivity index (χ2n) is 6.30. The molecule has 2 heteroatoms. The molecule has 1 aliphatic carbocycles. The fourth-order valence-corrected chi connectivity index (χ4v) is 3.94. The fraction of sp³-hybridized carbons (Fsp3) is 1.00. The van der Waals surface area contributed by atoms with Crippen LogP contribution in [0.1, 0.15) is 83.5 Å². The lowest BCUT2D eigenvalue weighted by Crippen LogP contribution is -2.40. The highest BCUT2D eigenvalue weighted by Gasteiger charge is 2.35. The van der Waals surface area contributed by atoms with Gasteiger partial charge >= 0.3 is 0 Å². The van der Waals surface area contributed by atoms with Crippen molar-refractivity contribution in [3.63, 3.8) is 0 Å². The van der Waals surface area contributed by atoms with E-state index >= 15 is 0 Å². The highest BCUT2D eigenvalue weighted by molar-refractivity contribution is 6.20. The van der Waals surface area contributed by atoms with Gasteiger partial charge in [-0.05, 0) is 25.7 Å². The maximum Gasteiger partial charge on any atom is 0.0696 e. The third-order valence-corrected chi connectivity index (χ3v) is 5.07. The monoisotopic (exact) mass is 272 g/mol. The molecular weight excluding hydrogens is 244 g/mol. The van der Waals surface area contributed by atoms with Gasteiger partial charge in [0.2, 0.25) is 0 Å². The topological polar surface area (TPSA) is 9.23 Å². The van der Waals surface area contributed by atoms with E-state index in [1.54, 1.807) is 0 Å². The Bertz CT molecular complexity index is 217. The van der Waals surface area contributed by atoms with E-state index in [1.165, 1.54) is 70.6 Å². The Hall–Kier alpha value is 0.250. The van der Waals surface area contributed by atoms with E-state index in [1.807, 2.05) is 0 Å². The van der Waals surface area contributed by atoms with Gasteiger partial charge in [-0.25, -0.2) is 0 Å². The Morgan fingerprint density at radius 2 is 1.28 bits per heavy atom. The zero-order chi connectivity index (χ0) is 12.7. The summed E-state index contributed by atoms with van der Waals surface area (Å²) in [5.74, 6) is 0. The zero-order valence-electron chi connectivity index (χ0n) is 11.8. The summed E-state index contributed by atoms with van der Waals surface area (Å²) >= 11 is 6.38. The minimum atomic E-state index is 0.143. The van der Waals surface area contributed by atoms with Gasteiger partial charge in [-0.3, -0.25) is 0 Å². The molecule has 1 unspecified atom stereocenters. The second-order valence-corrected chi connectivity index (χ2v) is 6.92. The van der Waals surface area contributed by atoms with Crippen LogP contribution in [-0.4, -0.2) is 17.6 Å². The predicted molar refractivity (Wildman–Crippen MR) is 78.3 cm³/mol. The van der Waals surface area contributed by atoms with Gasteiger partial charge in [-0.15, -0.1) is 11.6 Å². The lowest BCUT2D eigenvalue weighted by Gasteiger charge is -2.40. The van der Waals surface area contributed by atoms with Crippen LogP contribution in [0.2, 0.25) is 0 Å². The van der Waals surface area contributed by atoms with Crippen molar-refractivity contribution in [2.24, 2.45) is 0 Å². The molecule has 0 N–H and O–H groups in total. The molecule has 106 valence electrons. The third-order valence-electron chi connectivity index (χ3n) is 4.70. The lowest BCUT2D eigenvalue weighted by atomic mass is 9.83. The summed E-state index contributed by atoms with van der Waals surface area (Å²) in [4.78, 5) is 0. The highest BCUT2D eigenvalue weighted by atomic mass is 35.5. The standard InChI is InChI=1S/C16H29ClO/c17-15-10-13-18-16(14-15)11-8-6-4-2-1-3-5-7-9-12-16/h15H,1-14H2. The van der Waals surface area contributed by atoms with Crippen LogP contribution in [0.15, 0.2) is 0 Å². The van der Waals surface area contributed by atoms with Gasteiger partial charge in [0.05, 0.1) is 5.60 Å². The van der Waals surface area contributed by atoms with E-state index in [2.05, 4.69) is 0 Å². The molecule has 2 aliphatic rings. The van der Waals surface area contributed by atoms with Crippen molar-refractivity contribution in [3.05, 3.63) is 0 Å². The van der Waals surface area contributed by atoms with E-state index in [-0.39, 0.29) is 5.60 Å². The smallest absolute Gasteiger partial charge is 0.0696 e. The van der Waals surface area contributed by atoms with E-state index in [9.17, 15) is 0 Å². The molecule has 1 atom stereocenters. The number of hydrogen-bond acceptors (Lipinski definition) is 1. The summed E-state index contributed by atoms with van der Waals surface area (Å²) in [7, 11) is 0. The van der Waals surface area contributed by atoms with Crippen molar-refractivity contribution in [3.8, 4) is 0 Å². The number of hydrogen-bond donors (Lipinski definition) is 0. The van der Waals surface area contributed by atoms with Crippen LogP contribution < -0.4 is 0 Å². The van der Waals surface area contributed by atoms with Crippen molar-refractivity contribution in [2.75, 3.05) is 6.61 Å². The first-order valence-electron chi connectivity index (χ1n) is 8.09. The average molecular weight is 273 g/mol. The van der Waals surface area contributed by atoms with Gasteiger partial charge in [0.25, 0.3) is 0 Å². The number of rotatable bonds is 0. The van der Waals surface area contributed by atoms with E-state index < -0.39 is 0 Å². The maximum absolute atomic E-state index is 6.38. The molecule has 1 aliphatic heterocycles. The molecule has 1 heterocycles. The average Bonchev–Trinajstić information content (AvgIpc) is 2.34. The van der Waals surface area contributed by atoms with Crippen molar-refractivity contribution < 1.29 is 4.74 Å². The van der Waals surface area contributed by atoms with Gasteiger partial charge < -0.3 is 4.74 Å². The Morgan fingerprint density at radius 1 is 0.778 bits per heavy atom. The largest absolute Gasteiger partial charge is 0.375 e. The first-order valence-corrected chi connectivity index (χ1v) is 8.52. The van der Waals surface area contributed by atoms with E-state index in [4.69, 9.17) is 16.3 Å². The Kier molecular flexibility index (Phi) is 6.31. The van der Waals surface area contributed by atoms with E-state index in [0.717, 1.165) is 19.4 Å². The van der Waals surface area contributed by atoms with Gasteiger partial charge in [-0.1, -0.05) is 57.8 Å². The Balaban J connectivity index is 1.87. The lowest BCUT2D eigenvalue weighted by molar-refractivity contribution is -0.0897. The molecule has 0 radical (unpaired) electrons. The van der Waals surface area contributed by atoms with E-state index in [0.29, 0.717) is 5.38 Å². The Morgan fingerprint density at radius 3 is 1.78 bits per heavy atom.